The molecule has 2 rings (SSSR count). The summed E-state index contributed by atoms with van der Waals surface area (Å²) in [6.07, 6.45) is 0. The third-order valence-corrected chi connectivity index (χ3v) is 3.27. The second-order valence-corrected chi connectivity index (χ2v) is 4.96. The molecule has 0 atom stereocenters. The van der Waals surface area contributed by atoms with Crippen LogP contribution in [0, 0.1) is 5.41 Å². The van der Waals surface area contributed by atoms with Crippen LogP contribution in [0.25, 0.3) is 5.76 Å². The first kappa shape index (κ1) is 15.0. The Hall–Kier alpha value is -2.39. The zero-order chi connectivity index (χ0) is 15.4. The summed E-state index contributed by atoms with van der Waals surface area (Å²) in [4.78, 5) is 11.9. The van der Waals surface area contributed by atoms with E-state index in [0.29, 0.717) is 16.1 Å². The molecule has 0 unspecified atom stereocenters. The summed E-state index contributed by atoms with van der Waals surface area (Å²) < 4.78 is 0. The summed E-state index contributed by atoms with van der Waals surface area (Å²) >= 11 is 5.82. The monoisotopic (exact) mass is 299 g/mol. The molecular weight excluding hydrogens is 286 g/mol. The Kier molecular flexibility index (Phi) is 4.55. The zero-order valence-corrected chi connectivity index (χ0v) is 12.2. The predicted molar refractivity (Wildman–Crippen MR) is 85.0 cm³/mol. The van der Waals surface area contributed by atoms with E-state index in [0.717, 1.165) is 0 Å². The molecule has 0 saturated carbocycles. The standard InChI is InChI=1S/C17H14ClNO2/c1-11(20)15(17(21)13-5-3-2-4-6-13)16(19)12-7-9-14(18)10-8-12/h2-10,19,21H,1H3/b17-15-,19-16?. The lowest BCUT2D eigenvalue weighted by atomic mass is 9.96. The highest BCUT2D eigenvalue weighted by atomic mass is 35.5. The van der Waals surface area contributed by atoms with E-state index in [-0.39, 0.29) is 22.8 Å². The number of carbonyl (C=O) groups is 1. The summed E-state index contributed by atoms with van der Waals surface area (Å²) in [5.74, 6) is -0.556. The van der Waals surface area contributed by atoms with E-state index in [4.69, 9.17) is 17.0 Å². The third-order valence-electron chi connectivity index (χ3n) is 3.02. The molecule has 0 fully saturated rings. The molecule has 0 heterocycles. The van der Waals surface area contributed by atoms with E-state index in [1.807, 2.05) is 6.07 Å². The van der Waals surface area contributed by atoms with Gasteiger partial charge in [0, 0.05) is 16.1 Å². The van der Waals surface area contributed by atoms with Gasteiger partial charge in [-0.05, 0) is 19.1 Å². The number of Topliss-reactive ketones (excluding diaryl/α,β-unsaturated/α-hetero) is 1. The molecular formula is C17H14ClNO2. The van der Waals surface area contributed by atoms with Crippen LogP contribution in [0.3, 0.4) is 0 Å². The number of hydrogen-bond acceptors (Lipinski definition) is 3. The van der Waals surface area contributed by atoms with Gasteiger partial charge in [0.2, 0.25) is 0 Å². The molecule has 2 N–H and O–H groups in total. The SMILES string of the molecule is CC(=O)/C(C(=N)c1ccc(Cl)cc1)=C(/O)c1ccccc1. The van der Waals surface area contributed by atoms with Crippen molar-refractivity contribution in [3.05, 3.63) is 76.3 Å². The lowest BCUT2D eigenvalue weighted by Gasteiger charge is -2.10. The maximum absolute atomic E-state index is 11.9. The van der Waals surface area contributed by atoms with Gasteiger partial charge in [0.05, 0.1) is 11.3 Å². The molecule has 0 aromatic heterocycles. The molecule has 0 aliphatic carbocycles. The van der Waals surface area contributed by atoms with Crippen molar-refractivity contribution in [3.63, 3.8) is 0 Å². The number of allylic oxidation sites excluding steroid dienone is 1. The van der Waals surface area contributed by atoms with E-state index < -0.39 is 0 Å². The summed E-state index contributed by atoms with van der Waals surface area (Å²) in [5.41, 5.74) is 0.984. The van der Waals surface area contributed by atoms with Crippen LogP contribution in [0.2, 0.25) is 5.02 Å². The first-order chi connectivity index (χ1) is 10.0. The number of benzene rings is 2. The smallest absolute Gasteiger partial charge is 0.165 e. The number of carbonyl (C=O) groups excluding carboxylic acids is 1. The number of aliphatic hydroxyl groups is 1. The highest BCUT2D eigenvalue weighted by Gasteiger charge is 2.19. The van der Waals surface area contributed by atoms with E-state index in [2.05, 4.69) is 0 Å². The topological polar surface area (TPSA) is 61.2 Å². The minimum absolute atomic E-state index is 0.0106. The molecule has 2 aromatic carbocycles. The predicted octanol–water partition coefficient (Wildman–Crippen LogP) is 4.27. The van der Waals surface area contributed by atoms with Crippen molar-refractivity contribution in [3.8, 4) is 0 Å². The fourth-order valence-electron chi connectivity index (χ4n) is 1.96. The largest absolute Gasteiger partial charge is 0.506 e. The molecule has 21 heavy (non-hydrogen) atoms. The van der Waals surface area contributed by atoms with Crippen LogP contribution in [0.5, 0.6) is 0 Å². The molecule has 0 aliphatic heterocycles. The van der Waals surface area contributed by atoms with E-state index in [1.165, 1.54) is 6.92 Å². The van der Waals surface area contributed by atoms with Gasteiger partial charge in [-0.25, -0.2) is 0 Å². The minimum atomic E-state index is -0.365. The first-order valence-corrected chi connectivity index (χ1v) is 6.73. The van der Waals surface area contributed by atoms with Gasteiger partial charge in [0.15, 0.2) is 5.78 Å². The second-order valence-electron chi connectivity index (χ2n) is 4.53. The lowest BCUT2D eigenvalue weighted by Crippen LogP contribution is -2.13. The number of rotatable bonds is 4. The van der Waals surface area contributed by atoms with Crippen LogP contribution in [-0.4, -0.2) is 16.6 Å². The van der Waals surface area contributed by atoms with Crippen molar-refractivity contribution < 1.29 is 9.90 Å². The van der Waals surface area contributed by atoms with Crippen molar-refractivity contribution in [1.29, 1.82) is 5.41 Å². The van der Waals surface area contributed by atoms with Crippen molar-refractivity contribution in [2.45, 2.75) is 6.92 Å². The van der Waals surface area contributed by atoms with E-state index in [1.54, 1.807) is 48.5 Å². The van der Waals surface area contributed by atoms with Gasteiger partial charge in [-0.15, -0.1) is 0 Å². The van der Waals surface area contributed by atoms with Crippen LogP contribution in [0.4, 0.5) is 0 Å². The highest BCUT2D eigenvalue weighted by Crippen LogP contribution is 2.21. The van der Waals surface area contributed by atoms with Gasteiger partial charge < -0.3 is 5.11 Å². The third kappa shape index (κ3) is 3.38. The van der Waals surface area contributed by atoms with Gasteiger partial charge in [-0.3, -0.25) is 10.2 Å². The number of hydrogen-bond donors (Lipinski definition) is 2. The highest BCUT2D eigenvalue weighted by molar-refractivity contribution is 6.32. The molecule has 0 bridgehead atoms. The molecule has 0 amide bonds. The molecule has 106 valence electrons. The van der Waals surface area contributed by atoms with Gasteiger partial charge in [-0.1, -0.05) is 54.1 Å². The summed E-state index contributed by atoms with van der Waals surface area (Å²) in [6, 6.07) is 15.3. The number of aliphatic hydroxyl groups excluding tert-OH is 1. The van der Waals surface area contributed by atoms with Crippen molar-refractivity contribution >= 4 is 28.9 Å². The molecule has 2 aromatic rings. The second kappa shape index (κ2) is 6.37. The Morgan fingerprint density at radius 3 is 2.10 bits per heavy atom. The Morgan fingerprint density at radius 1 is 1.00 bits per heavy atom. The normalized spacial score (nSPS) is 11.7. The average molecular weight is 300 g/mol. The van der Waals surface area contributed by atoms with Gasteiger partial charge in [0.25, 0.3) is 0 Å². The fourth-order valence-corrected chi connectivity index (χ4v) is 2.09. The van der Waals surface area contributed by atoms with Crippen LogP contribution in [0.15, 0.2) is 60.2 Å². The summed E-state index contributed by atoms with van der Waals surface area (Å²) in [6.45, 7) is 1.33. The van der Waals surface area contributed by atoms with Crippen molar-refractivity contribution in [2.24, 2.45) is 0 Å². The zero-order valence-electron chi connectivity index (χ0n) is 11.4. The Bertz CT molecular complexity index is 703. The van der Waals surface area contributed by atoms with Crippen molar-refractivity contribution in [1.82, 2.24) is 0 Å². The van der Waals surface area contributed by atoms with Gasteiger partial charge in [-0.2, -0.15) is 0 Å². The van der Waals surface area contributed by atoms with Gasteiger partial charge >= 0.3 is 0 Å². The Balaban J connectivity index is 2.51. The molecule has 3 nitrogen and oxygen atoms in total. The summed E-state index contributed by atoms with van der Waals surface area (Å²) in [5, 5.41) is 19.1. The van der Waals surface area contributed by atoms with Crippen LogP contribution in [0.1, 0.15) is 18.1 Å². The van der Waals surface area contributed by atoms with Crippen LogP contribution < -0.4 is 0 Å². The number of halogens is 1. The average Bonchev–Trinajstić information content (AvgIpc) is 2.48. The quantitative estimate of drug-likeness (QED) is 0.503. The van der Waals surface area contributed by atoms with Crippen molar-refractivity contribution in [2.75, 3.05) is 0 Å². The summed E-state index contributed by atoms with van der Waals surface area (Å²) in [7, 11) is 0. The number of nitrogens with one attached hydrogen (secondary N) is 1. The maximum Gasteiger partial charge on any atom is 0.165 e. The minimum Gasteiger partial charge on any atom is -0.506 e. The molecule has 0 radical (unpaired) electrons. The molecule has 0 aliphatic rings. The number of ketones is 1. The van der Waals surface area contributed by atoms with E-state index in [9.17, 15) is 9.90 Å². The lowest BCUT2D eigenvalue weighted by molar-refractivity contribution is -0.113. The van der Waals surface area contributed by atoms with E-state index >= 15 is 0 Å². The Morgan fingerprint density at radius 2 is 1.57 bits per heavy atom. The van der Waals surface area contributed by atoms with Gasteiger partial charge in [0.1, 0.15) is 5.76 Å². The molecule has 4 heteroatoms. The van der Waals surface area contributed by atoms with Crippen LogP contribution >= 0.6 is 11.6 Å². The maximum atomic E-state index is 11.9. The Labute approximate surface area is 128 Å². The molecule has 0 spiro atoms. The molecule has 0 saturated heterocycles. The fraction of sp³-hybridized carbons (Fsp3) is 0.0588. The van der Waals surface area contributed by atoms with Crippen LogP contribution in [-0.2, 0) is 4.79 Å². The first-order valence-electron chi connectivity index (χ1n) is 6.35.